The molecule has 1 aromatic carbocycles. The first kappa shape index (κ1) is 15.2. The van der Waals surface area contributed by atoms with Gasteiger partial charge in [0, 0.05) is 18.4 Å². The minimum atomic E-state index is 0.500. The molecule has 0 amide bonds. The van der Waals surface area contributed by atoms with Gasteiger partial charge in [0.05, 0.1) is 10.7 Å². The van der Waals surface area contributed by atoms with Crippen molar-refractivity contribution in [2.75, 3.05) is 24.0 Å². The van der Waals surface area contributed by atoms with Gasteiger partial charge in [-0.1, -0.05) is 39.7 Å². The minimum absolute atomic E-state index is 0.500. The van der Waals surface area contributed by atoms with Gasteiger partial charge in [-0.2, -0.15) is 11.8 Å². The van der Waals surface area contributed by atoms with Crippen LogP contribution in [0.1, 0.15) is 18.9 Å². The van der Waals surface area contributed by atoms with Crippen LogP contribution in [0.5, 0.6) is 0 Å². The van der Waals surface area contributed by atoms with Crippen LogP contribution in [-0.4, -0.2) is 25.1 Å². The van der Waals surface area contributed by atoms with Crippen molar-refractivity contribution in [1.29, 1.82) is 0 Å². The average molecular weight is 337 g/mol. The zero-order valence-corrected chi connectivity index (χ0v) is 13.7. The van der Waals surface area contributed by atoms with Crippen LogP contribution in [0.15, 0.2) is 18.2 Å². The summed E-state index contributed by atoms with van der Waals surface area (Å²) in [6.45, 7) is 2.25. The summed E-state index contributed by atoms with van der Waals surface area (Å²) in [7, 11) is 2.12. The number of nitrogens with zero attached hydrogens (tertiary/aromatic N) is 1. The van der Waals surface area contributed by atoms with E-state index in [2.05, 4.69) is 47.1 Å². The first-order valence-corrected chi connectivity index (χ1v) is 8.56. The number of hydrogen-bond donors (Lipinski definition) is 0. The first-order chi connectivity index (χ1) is 8.11. The normalized spacial score (nSPS) is 12.5. The van der Waals surface area contributed by atoms with Gasteiger partial charge in [0.1, 0.15) is 0 Å². The molecule has 0 aliphatic rings. The van der Waals surface area contributed by atoms with Gasteiger partial charge in [0.2, 0.25) is 0 Å². The number of thioether (sulfide) groups is 1. The predicted molar refractivity (Wildman–Crippen MR) is 84.9 cm³/mol. The molecule has 0 N–H and O–H groups in total. The fourth-order valence-electron chi connectivity index (χ4n) is 1.77. The van der Waals surface area contributed by atoms with E-state index in [0.717, 1.165) is 16.0 Å². The first-order valence-electron chi connectivity index (χ1n) is 5.67. The number of anilines is 1. The Kier molecular flexibility index (Phi) is 6.75. The summed E-state index contributed by atoms with van der Waals surface area (Å²) < 4.78 is 0. The fourth-order valence-corrected chi connectivity index (χ4v) is 3.12. The van der Waals surface area contributed by atoms with Crippen LogP contribution in [0.25, 0.3) is 0 Å². The van der Waals surface area contributed by atoms with Gasteiger partial charge in [0.25, 0.3) is 0 Å². The Balaban J connectivity index is 2.90. The van der Waals surface area contributed by atoms with E-state index >= 15 is 0 Å². The van der Waals surface area contributed by atoms with E-state index in [9.17, 15) is 0 Å². The third kappa shape index (κ3) is 4.08. The molecule has 1 atom stereocenters. The lowest BCUT2D eigenvalue weighted by molar-refractivity contribution is 0.668. The van der Waals surface area contributed by atoms with E-state index in [-0.39, 0.29) is 0 Å². The Bertz CT molecular complexity index is 359. The van der Waals surface area contributed by atoms with Crippen LogP contribution < -0.4 is 4.90 Å². The summed E-state index contributed by atoms with van der Waals surface area (Å²) in [5.74, 6) is 1.18. The molecule has 0 aromatic heterocycles. The van der Waals surface area contributed by atoms with Crippen LogP contribution in [0.2, 0.25) is 5.02 Å². The van der Waals surface area contributed by atoms with Gasteiger partial charge in [-0.25, -0.2) is 0 Å². The van der Waals surface area contributed by atoms with Crippen molar-refractivity contribution in [3.63, 3.8) is 0 Å². The molecular formula is C13H19BrClNS. The number of hydrogen-bond acceptors (Lipinski definition) is 2. The van der Waals surface area contributed by atoms with Crippen molar-refractivity contribution >= 4 is 45.0 Å². The van der Waals surface area contributed by atoms with Crippen molar-refractivity contribution in [2.45, 2.75) is 24.7 Å². The maximum Gasteiger partial charge on any atom is 0.0642 e. The Morgan fingerprint density at radius 3 is 2.76 bits per heavy atom. The van der Waals surface area contributed by atoms with Crippen LogP contribution in [0.3, 0.4) is 0 Å². The van der Waals surface area contributed by atoms with E-state index in [4.69, 9.17) is 11.6 Å². The molecule has 0 saturated carbocycles. The van der Waals surface area contributed by atoms with E-state index < -0.39 is 0 Å². The van der Waals surface area contributed by atoms with Crippen LogP contribution in [0.4, 0.5) is 5.69 Å². The molecule has 1 rings (SSSR count). The molecular weight excluding hydrogens is 318 g/mol. The molecule has 0 bridgehead atoms. The zero-order valence-electron chi connectivity index (χ0n) is 10.5. The third-order valence-corrected chi connectivity index (χ3v) is 4.52. The third-order valence-electron chi connectivity index (χ3n) is 2.97. The van der Waals surface area contributed by atoms with Crippen LogP contribution >= 0.6 is 39.3 Å². The monoisotopic (exact) mass is 335 g/mol. The Hall–Kier alpha value is 0.140. The number of benzene rings is 1. The van der Waals surface area contributed by atoms with Gasteiger partial charge in [0.15, 0.2) is 0 Å². The van der Waals surface area contributed by atoms with Gasteiger partial charge in [-0.15, -0.1) is 0 Å². The van der Waals surface area contributed by atoms with Crippen molar-refractivity contribution in [1.82, 2.24) is 0 Å². The highest BCUT2D eigenvalue weighted by atomic mass is 79.9. The highest BCUT2D eigenvalue weighted by Gasteiger charge is 2.15. The van der Waals surface area contributed by atoms with Crippen molar-refractivity contribution in [2.24, 2.45) is 0 Å². The van der Waals surface area contributed by atoms with E-state index in [0.29, 0.717) is 6.04 Å². The molecule has 0 spiro atoms. The highest BCUT2D eigenvalue weighted by molar-refractivity contribution is 9.08. The second-order valence-corrected chi connectivity index (χ2v) is 6.08. The van der Waals surface area contributed by atoms with Crippen LogP contribution in [-0.2, 0) is 5.33 Å². The van der Waals surface area contributed by atoms with Gasteiger partial charge in [-0.05, 0) is 37.0 Å². The SMILES string of the molecule is CSCCC(C)N(C)c1c(Cl)cccc1CBr. The second kappa shape index (κ2) is 7.55. The smallest absolute Gasteiger partial charge is 0.0642 e. The van der Waals surface area contributed by atoms with Gasteiger partial charge < -0.3 is 4.90 Å². The van der Waals surface area contributed by atoms with E-state index in [1.165, 1.54) is 17.7 Å². The molecule has 0 radical (unpaired) electrons. The fraction of sp³-hybridized carbons (Fsp3) is 0.538. The number of alkyl halides is 1. The Morgan fingerprint density at radius 1 is 1.47 bits per heavy atom. The highest BCUT2D eigenvalue weighted by Crippen LogP contribution is 2.32. The summed E-state index contributed by atoms with van der Waals surface area (Å²) in [5.41, 5.74) is 2.40. The molecule has 0 saturated heterocycles. The molecule has 4 heteroatoms. The maximum absolute atomic E-state index is 6.31. The Labute approximate surface area is 122 Å². The second-order valence-electron chi connectivity index (χ2n) is 4.12. The van der Waals surface area contributed by atoms with Crippen LogP contribution in [0, 0.1) is 0 Å². The summed E-state index contributed by atoms with van der Waals surface area (Å²) in [4.78, 5) is 2.29. The van der Waals surface area contributed by atoms with Crippen molar-refractivity contribution < 1.29 is 0 Å². The summed E-state index contributed by atoms with van der Waals surface area (Å²) in [6, 6.07) is 6.58. The van der Waals surface area contributed by atoms with Gasteiger partial charge in [-0.3, -0.25) is 0 Å². The lowest BCUT2D eigenvalue weighted by Gasteiger charge is -2.29. The predicted octanol–water partition coefficient (Wildman–Crippen LogP) is 4.81. The maximum atomic E-state index is 6.31. The lowest BCUT2D eigenvalue weighted by atomic mass is 10.1. The van der Waals surface area contributed by atoms with E-state index in [1.807, 2.05) is 23.9 Å². The molecule has 1 aromatic rings. The number of para-hydroxylation sites is 1. The topological polar surface area (TPSA) is 3.24 Å². The molecule has 1 nitrogen and oxygen atoms in total. The van der Waals surface area contributed by atoms with Crippen molar-refractivity contribution in [3.8, 4) is 0 Å². The van der Waals surface area contributed by atoms with Crippen molar-refractivity contribution in [3.05, 3.63) is 28.8 Å². The molecule has 1 unspecified atom stereocenters. The molecule has 0 heterocycles. The molecule has 96 valence electrons. The summed E-state index contributed by atoms with van der Waals surface area (Å²) in [5, 5.41) is 1.67. The Morgan fingerprint density at radius 2 is 2.18 bits per heavy atom. The summed E-state index contributed by atoms with van der Waals surface area (Å²) in [6.07, 6.45) is 3.32. The molecule has 0 aliphatic carbocycles. The molecule has 0 fully saturated rings. The average Bonchev–Trinajstić information content (AvgIpc) is 2.34. The molecule has 0 aliphatic heterocycles. The summed E-state index contributed by atoms with van der Waals surface area (Å²) >= 11 is 11.7. The van der Waals surface area contributed by atoms with Gasteiger partial charge >= 0.3 is 0 Å². The lowest BCUT2D eigenvalue weighted by Crippen LogP contribution is -2.30. The number of halogens is 2. The number of rotatable bonds is 6. The minimum Gasteiger partial charge on any atom is -0.370 e. The largest absolute Gasteiger partial charge is 0.370 e. The standard InChI is InChI=1S/C13H19BrClNS/c1-10(7-8-17-3)16(2)13-11(9-14)5-4-6-12(13)15/h4-6,10H,7-9H2,1-3H3. The molecule has 17 heavy (non-hydrogen) atoms. The van der Waals surface area contributed by atoms with E-state index in [1.54, 1.807) is 0 Å². The zero-order chi connectivity index (χ0) is 12.8. The quantitative estimate of drug-likeness (QED) is 0.686.